The zero-order valence-corrected chi connectivity index (χ0v) is 13.8. The first-order chi connectivity index (χ1) is 11.4. The van der Waals surface area contributed by atoms with Crippen molar-refractivity contribution in [2.24, 2.45) is 0 Å². The Kier molecular flexibility index (Phi) is 6.34. The van der Waals surface area contributed by atoms with Crippen molar-refractivity contribution in [3.05, 3.63) is 71.8 Å². The minimum Gasteiger partial charge on any atom is -0.445 e. The maximum absolute atomic E-state index is 11.9. The van der Waals surface area contributed by atoms with Gasteiger partial charge in [0.25, 0.3) is 10.1 Å². The molecule has 24 heavy (non-hydrogen) atoms. The van der Waals surface area contributed by atoms with E-state index < -0.39 is 28.0 Å². The number of ether oxygens (including phenoxy) is 1. The molecular formula is C17H19NO5S. The Hall–Kier alpha value is -2.38. The highest BCUT2D eigenvalue weighted by Gasteiger charge is 2.20. The molecule has 0 aliphatic carbocycles. The Labute approximate surface area is 141 Å². The maximum atomic E-state index is 11.9. The van der Waals surface area contributed by atoms with Gasteiger partial charge in [0.15, 0.2) is 0 Å². The van der Waals surface area contributed by atoms with E-state index in [1.807, 2.05) is 60.7 Å². The maximum Gasteiger partial charge on any atom is 0.407 e. The predicted molar refractivity (Wildman–Crippen MR) is 90.1 cm³/mol. The summed E-state index contributed by atoms with van der Waals surface area (Å²) in [6.07, 6.45) is -0.468. The smallest absolute Gasteiger partial charge is 0.407 e. The van der Waals surface area contributed by atoms with Gasteiger partial charge in [-0.15, -0.1) is 0 Å². The van der Waals surface area contributed by atoms with Crippen molar-refractivity contribution < 1.29 is 22.5 Å². The van der Waals surface area contributed by atoms with E-state index in [0.717, 1.165) is 11.1 Å². The van der Waals surface area contributed by atoms with E-state index in [4.69, 9.17) is 9.29 Å². The highest BCUT2D eigenvalue weighted by molar-refractivity contribution is 7.85. The third-order valence-electron chi connectivity index (χ3n) is 3.27. The molecule has 1 amide bonds. The Balaban J connectivity index is 1.95. The second-order valence-corrected chi connectivity index (χ2v) is 6.84. The van der Waals surface area contributed by atoms with Crippen LogP contribution in [0.15, 0.2) is 60.7 Å². The van der Waals surface area contributed by atoms with Crippen LogP contribution >= 0.6 is 0 Å². The number of hydrogen-bond donors (Lipinski definition) is 2. The Morgan fingerprint density at radius 3 is 2.08 bits per heavy atom. The van der Waals surface area contributed by atoms with Gasteiger partial charge in [-0.05, 0) is 17.5 Å². The van der Waals surface area contributed by atoms with E-state index in [0.29, 0.717) is 0 Å². The van der Waals surface area contributed by atoms with Gasteiger partial charge < -0.3 is 10.1 Å². The largest absolute Gasteiger partial charge is 0.445 e. The van der Waals surface area contributed by atoms with E-state index in [1.54, 1.807) is 0 Å². The summed E-state index contributed by atoms with van der Waals surface area (Å²) in [6.45, 7) is 0.0800. The van der Waals surface area contributed by atoms with Crippen molar-refractivity contribution >= 4 is 16.2 Å². The van der Waals surface area contributed by atoms with Crippen LogP contribution < -0.4 is 5.32 Å². The summed E-state index contributed by atoms with van der Waals surface area (Å²) < 4.78 is 36.5. The predicted octanol–water partition coefficient (Wildman–Crippen LogP) is 2.41. The molecule has 2 rings (SSSR count). The SMILES string of the molecule is O=C(NC(Cc1ccccc1)CS(=O)(=O)O)OCc1ccccc1. The van der Waals surface area contributed by atoms with Crippen molar-refractivity contribution in [1.82, 2.24) is 5.32 Å². The molecule has 0 heterocycles. The van der Waals surface area contributed by atoms with Crippen molar-refractivity contribution in [3.8, 4) is 0 Å². The molecule has 1 atom stereocenters. The zero-order valence-electron chi connectivity index (χ0n) is 13.0. The molecule has 0 spiro atoms. The fraction of sp³-hybridized carbons (Fsp3) is 0.235. The number of carbonyl (C=O) groups is 1. The minimum atomic E-state index is -4.23. The topological polar surface area (TPSA) is 92.7 Å². The van der Waals surface area contributed by atoms with Crippen LogP contribution in [0, 0.1) is 0 Å². The van der Waals surface area contributed by atoms with Gasteiger partial charge in [-0.1, -0.05) is 60.7 Å². The second-order valence-electron chi connectivity index (χ2n) is 5.34. The second kappa shape index (κ2) is 8.47. The van der Waals surface area contributed by atoms with Crippen molar-refractivity contribution in [1.29, 1.82) is 0 Å². The normalized spacial score (nSPS) is 12.4. The molecule has 0 radical (unpaired) electrons. The van der Waals surface area contributed by atoms with Gasteiger partial charge in [0.2, 0.25) is 0 Å². The molecule has 2 aromatic carbocycles. The van der Waals surface area contributed by atoms with Gasteiger partial charge in [0.05, 0.1) is 11.8 Å². The van der Waals surface area contributed by atoms with Crippen LogP contribution in [0.4, 0.5) is 4.79 Å². The quantitative estimate of drug-likeness (QED) is 0.749. The average Bonchev–Trinajstić information content (AvgIpc) is 2.53. The summed E-state index contributed by atoms with van der Waals surface area (Å²) in [6, 6.07) is 17.4. The lowest BCUT2D eigenvalue weighted by Crippen LogP contribution is -2.41. The third-order valence-corrected chi connectivity index (χ3v) is 4.10. The summed E-state index contributed by atoms with van der Waals surface area (Å²) in [5.41, 5.74) is 1.66. The lowest BCUT2D eigenvalue weighted by atomic mass is 10.1. The summed E-state index contributed by atoms with van der Waals surface area (Å²) in [5, 5.41) is 2.49. The molecule has 2 N–H and O–H groups in total. The van der Waals surface area contributed by atoms with Gasteiger partial charge in [-0.25, -0.2) is 4.79 Å². The fourth-order valence-corrected chi connectivity index (χ4v) is 2.95. The van der Waals surface area contributed by atoms with Crippen LogP contribution in [-0.2, 0) is 27.9 Å². The molecular weight excluding hydrogens is 330 g/mol. The first-order valence-corrected chi connectivity index (χ1v) is 8.99. The van der Waals surface area contributed by atoms with Crippen LogP contribution in [-0.4, -0.2) is 30.9 Å². The lowest BCUT2D eigenvalue weighted by Gasteiger charge is -2.17. The molecule has 0 aliphatic heterocycles. The molecule has 0 saturated carbocycles. The fourth-order valence-electron chi connectivity index (χ4n) is 2.24. The molecule has 0 aliphatic rings. The molecule has 1 unspecified atom stereocenters. The zero-order chi connectivity index (χ0) is 17.4. The number of carbonyl (C=O) groups excluding carboxylic acids is 1. The molecule has 0 bridgehead atoms. The molecule has 2 aromatic rings. The summed E-state index contributed by atoms with van der Waals surface area (Å²) in [5.74, 6) is -0.581. The summed E-state index contributed by atoms with van der Waals surface area (Å²) in [4.78, 5) is 11.9. The first kappa shape index (κ1) is 18.0. The lowest BCUT2D eigenvalue weighted by molar-refractivity contribution is 0.136. The van der Waals surface area contributed by atoms with Crippen LogP contribution in [0.5, 0.6) is 0 Å². The van der Waals surface area contributed by atoms with Gasteiger partial charge in [0.1, 0.15) is 6.61 Å². The van der Waals surface area contributed by atoms with Gasteiger partial charge in [0, 0.05) is 0 Å². The molecule has 128 valence electrons. The number of benzene rings is 2. The highest BCUT2D eigenvalue weighted by atomic mass is 32.2. The number of alkyl carbamates (subject to hydrolysis) is 1. The monoisotopic (exact) mass is 349 g/mol. The van der Waals surface area contributed by atoms with Gasteiger partial charge >= 0.3 is 6.09 Å². The number of hydrogen-bond acceptors (Lipinski definition) is 4. The minimum absolute atomic E-state index is 0.0800. The standard InChI is InChI=1S/C17H19NO5S/c19-17(23-12-15-9-5-2-6-10-15)18-16(13-24(20,21)22)11-14-7-3-1-4-8-14/h1-10,16H,11-13H2,(H,18,19)(H,20,21,22). The van der Waals surface area contributed by atoms with Crippen LogP contribution in [0.1, 0.15) is 11.1 Å². The van der Waals surface area contributed by atoms with E-state index >= 15 is 0 Å². The van der Waals surface area contributed by atoms with Gasteiger partial charge in [-0.3, -0.25) is 4.55 Å². The third kappa shape index (κ3) is 6.80. The molecule has 7 heteroatoms. The highest BCUT2D eigenvalue weighted by Crippen LogP contribution is 2.06. The average molecular weight is 349 g/mol. The molecule has 0 aromatic heterocycles. The number of amides is 1. The first-order valence-electron chi connectivity index (χ1n) is 7.39. The number of nitrogens with one attached hydrogen (secondary N) is 1. The van der Waals surface area contributed by atoms with Crippen LogP contribution in [0.3, 0.4) is 0 Å². The summed E-state index contributed by atoms with van der Waals surface area (Å²) in [7, 11) is -4.23. The van der Waals surface area contributed by atoms with Crippen LogP contribution in [0.2, 0.25) is 0 Å². The molecule has 6 nitrogen and oxygen atoms in total. The van der Waals surface area contributed by atoms with Crippen molar-refractivity contribution in [2.45, 2.75) is 19.1 Å². The Bertz CT molecular complexity index is 747. The molecule has 0 saturated heterocycles. The Morgan fingerprint density at radius 1 is 1.00 bits per heavy atom. The van der Waals surface area contributed by atoms with Gasteiger partial charge in [-0.2, -0.15) is 8.42 Å². The summed E-state index contributed by atoms with van der Waals surface area (Å²) >= 11 is 0. The van der Waals surface area contributed by atoms with E-state index in [1.165, 1.54) is 0 Å². The van der Waals surface area contributed by atoms with Crippen LogP contribution in [0.25, 0.3) is 0 Å². The van der Waals surface area contributed by atoms with E-state index in [-0.39, 0.29) is 13.0 Å². The number of rotatable bonds is 7. The van der Waals surface area contributed by atoms with Crippen molar-refractivity contribution in [3.63, 3.8) is 0 Å². The van der Waals surface area contributed by atoms with E-state index in [9.17, 15) is 13.2 Å². The molecule has 0 fully saturated rings. The van der Waals surface area contributed by atoms with E-state index in [2.05, 4.69) is 5.32 Å². The Morgan fingerprint density at radius 2 is 1.54 bits per heavy atom. The van der Waals surface area contributed by atoms with Crippen molar-refractivity contribution in [2.75, 3.05) is 5.75 Å².